The lowest BCUT2D eigenvalue weighted by atomic mass is 10.4. The van der Waals surface area contributed by atoms with Crippen molar-refractivity contribution in [3.63, 3.8) is 0 Å². The van der Waals surface area contributed by atoms with E-state index in [9.17, 15) is 4.79 Å². The van der Waals surface area contributed by atoms with Gasteiger partial charge < -0.3 is 15.2 Å². The Kier molecular flexibility index (Phi) is 4.88. The van der Waals surface area contributed by atoms with E-state index in [1.54, 1.807) is 7.11 Å². The number of aliphatic hydroxyl groups excluding tert-OH is 1. The van der Waals surface area contributed by atoms with Crippen molar-refractivity contribution in [1.29, 1.82) is 0 Å². The van der Waals surface area contributed by atoms with Crippen molar-refractivity contribution in [2.75, 3.05) is 20.3 Å². The van der Waals surface area contributed by atoms with Gasteiger partial charge in [-0.15, -0.1) is 0 Å². The number of ether oxygens (including phenoxy) is 1. The summed E-state index contributed by atoms with van der Waals surface area (Å²) in [7, 11) is 1.55. The minimum Gasteiger partial charge on any atom is -0.384 e. The van der Waals surface area contributed by atoms with E-state index in [0.717, 1.165) is 0 Å². The molecule has 0 aliphatic carbocycles. The molecular weight excluding hydrogens is 134 g/mol. The maximum absolute atomic E-state index is 10.6. The lowest BCUT2D eigenvalue weighted by molar-refractivity contribution is -0.128. The van der Waals surface area contributed by atoms with Gasteiger partial charge in [0.05, 0.1) is 6.61 Å². The first-order chi connectivity index (χ1) is 4.68. The summed E-state index contributed by atoms with van der Waals surface area (Å²) in [5.41, 5.74) is 0. The molecule has 0 saturated carbocycles. The highest BCUT2D eigenvalue weighted by Gasteiger charge is 2.05. The average Bonchev–Trinajstić information content (AvgIpc) is 1.88. The van der Waals surface area contributed by atoms with E-state index < -0.39 is 6.10 Å². The molecule has 0 aromatic heterocycles. The predicted molar refractivity (Wildman–Crippen MR) is 36.6 cm³/mol. The van der Waals surface area contributed by atoms with Crippen LogP contribution in [0.1, 0.15) is 6.92 Å². The van der Waals surface area contributed by atoms with Crippen molar-refractivity contribution in [3.05, 3.63) is 0 Å². The van der Waals surface area contributed by atoms with E-state index in [0.29, 0.717) is 13.2 Å². The Morgan fingerprint density at radius 1 is 1.80 bits per heavy atom. The number of nitrogens with one attached hydrogen (secondary N) is 1. The maximum atomic E-state index is 10.6. The molecule has 0 fully saturated rings. The molecule has 0 heterocycles. The third-order valence-electron chi connectivity index (χ3n) is 0.985. The molecule has 0 aliphatic rings. The van der Waals surface area contributed by atoms with Crippen molar-refractivity contribution in [3.8, 4) is 0 Å². The lowest BCUT2D eigenvalue weighted by Gasteiger charge is -2.04. The zero-order valence-electron chi connectivity index (χ0n) is 6.26. The number of hydrogen-bond acceptors (Lipinski definition) is 3. The fraction of sp³-hybridized carbons (Fsp3) is 0.833. The van der Waals surface area contributed by atoms with Gasteiger partial charge in [0.2, 0.25) is 5.91 Å². The molecule has 4 nitrogen and oxygen atoms in total. The van der Waals surface area contributed by atoms with Gasteiger partial charge in [0.15, 0.2) is 0 Å². The van der Waals surface area contributed by atoms with Gasteiger partial charge in [-0.2, -0.15) is 0 Å². The minimum atomic E-state index is -0.933. The topological polar surface area (TPSA) is 58.6 Å². The number of carbonyl (C=O) groups excluding carboxylic acids is 1. The molecule has 0 radical (unpaired) electrons. The number of hydrogen-bond donors (Lipinski definition) is 2. The molecule has 0 bridgehead atoms. The molecule has 0 aromatic rings. The molecule has 2 N–H and O–H groups in total. The summed E-state index contributed by atoms with van der Waals surface area (Å²) in [5, 5.41) is 11.1. The molecule has 0 saturated heterocycles. The van der Waals surface area contributed by atoms with Crippen LogP contribution in [0.25, 0.3) is 0 Å². The molecule has 4 heteroatoms. The highest BCUT2D eigenvalue weighted by Crippen LogP contribution is 1.77. The molecule has 0 spiro atoms. The second-order valence-corrected chi connectivity index (χ2v) is 1.96. The van der Waals surface area contributed by atoms with Crippen LogP contribution in [0.5, 0.6) is 0 Å². The first-order valence-electron chi connectivity index (χ1n) is 3.13. The van der Waals surface area contributed by atoms with Crippen LogP contribution in [0.2, 0.25) is 0 Å². The molecule has 60 valence electrons. The SMILES string of the molecule is COCCNC(=O)C(C)O. The summed E-state index contributed by atoms with van der Waals surface area (Å²) < 4.78 is 4.68. The van der Waals surface area contributed by atoms with Gasteiger partial charge in [0.1, 0.15) is 6.10 Å². The van der Waals surface area contributed by atoms with E-state index in [1.165, 1.54) is 6.92 Å². The summed E-state index contributed by atoms with van der Waals surface area (Å²) in [4.78, 5) is 10.6. The van der Waals surface area contributed by atoms with Crippen LogP contribution in [0.15, 0.2) is 0 Å². The van der Waals surface area contributed by atoms with Gasteiger partial charge in [-0.05, 0) is 6.92 Å². The second-order valence-electron chi connectivity index (χ2n) is 1.96. The monoisotopic (exact) mass is 147 g/mol. The van der Waals surface area contributed by atoms with E-state index in [-0.39, 0.29) is 5.91 Å². The van der Waals surface area contributed by atoms with Crippen LogP contribution >= 0.6 is 0 Å². The van der Waals surface area contributed by atoms with Crippen LogP contribution in [0.4, 0.5) is 0 Å². The largest absolute Gasteiger partial charge is 0.384 e. The van der Waals surface area contributed by atoms with Crippen molar-refractivity contribution < 1.29 is 14.6 Å². The van der Waals surface area contributed by atoms with Crippen molar-refractivity contribution >= 4 is 5.91 Å². The number of aliphatic hydroxyl groups is 1. The Labute approximate surface area is 60.2 Å². The molecule has 0 aromatic carbocycles. The number of rotatable bonds is 4. The Bertz CT molecular complexity index is 103. The van der Waals surface area contributed by atoms with Gasteiger partial charge in [0.25, 0.3) is 0 Å². The standard InChI is InChI=1S/C6H13NO3/c1-5(8)6(9)7-3-4-10-2/h5,8H,3-4H2,1-2H3,(H,7,9). The summed E-state index contributed by atoms with van der Waals surface area (Å²) in [6.07, 6.45) is -0.933. The summed E-state index contributed by atoms with van der Waals surface area (Å²) in [5.74, 6) is -0.364. The quantitative estimate of drug-likeness (QED) is 0.508. The third-order valence-corrected chi connectivity index (χ3v) is 0.985. The van der Waals surface area contributed by atoms with E-state index in [2.05, 4.69) is 10.1 Å². The molecule has 0 rings (SSSR count). The Hall–Kier alpha value is -0.610. The van der Waals surface area contributed by atoms with Crippen LogP contribution < -0.4 is 5.32 Å². The van der Waals surface area contributed by atoms with Crippen LogP contribution in [-0.4, -0.2) is 37.4 Å². The Morgan fingerprint density at radius 3 is 2.80 bits per heavy atom. The van der Waals surface area contributed by atoms with Crippen molar-refractivity contribution in [2.45, 2.75) is 13.0 Å². The Morgan fingerprint density at radius 2 is 2.40 bits per heavy atom. The van der Waals surface area contributed by atoms with Gasteiger partial charge in [0, 0.05) is 13.7 Å². The minimum absolute atomic E-state index is 0.364. The van der Waals surface area contributed by atoms with Gasteiger partial charge in [-0.25, -0.2) is 0 Å². The van der Waals surface area contributed by atoms with Gasteiger partial charge >= 0.3 is 0 Å². The predicted octanol–water partition coefficient (Wildman–Crippen LogP) is -0.870. The summed E-state index contributed by atoms with van der Waals surface area (Å²) in [6, 6.07) is 0. The number of carbonyl (C=O) groups is 1. The second kappa shape index (κ2) is 5.20. The normalized spacial score (nSPS) is 12.7. The fourth-order valence-electron chi connectivity index (χ4n) is 0.424. The third kappa shape index (κ3) is 4.29. The van der Waals surface area contributed by atoms with Crippen LogP contribution in [-0.2, 0) is 9.53 Å². The summed E-state index contributed by atoms with van der Waals surface area (Å²) >= 11 is 0. The zero-order chi connectivity index (χ0) is 7.98. The first kappa shape index (κ1) is 9.39. The van der Waals surface area contributed by atoms with E-state index in [1.807, 2.05) is 0 Å². The van der Waals surface area contributed by atoms with Crippen LogP contribution in [0, 0.1) is 0 Å². The van der Waals surface area contributed by atoms with E-state index >= 15 is 0 Å². The van der Waals surface area contributed by atoms with Gasteiger partial charge in [-0.1, -0.05) is 0 Å². The van der Waals surface area contributed by atoms with Crippen molar-refractivity contribution in [1.82, 2.24) is 5.32 Å². The first-order valence-corrected chi connectivity index (χ1v) is 3.13. The maximum Gasteiger partial charge on any atom is 0.248 e. The Balaban J connectivity index is 3.22. The average molecular weight is 147 g/mol. The molecule has 0 aliphatic heterocycles. The summed E-state index contributed by atoms with van der Waals surface area (Å²) in [6.45, 7) is 2.33. The highest BCUT2D eigenvalue weighted by molar-refractivity contribution is 5.79. The molecule has 1 amide bonds. The highest BCUT2D eigenvalue weighted by atomic mass is 16.5. The fourth-order valence-corrected chi connectivity index (χ4v) is 0.424. The smallest absolute Gasteiger partial charge is 0.248 e. The van der Waals surface area contributed by atoms with Crippen LogP contribution in [0.3, 0.4) is 0 Å². The lowest BCUT2D eigenvalue weighted by Crippen LogP contribution is -2.34. The number of methoxy groups -OCH3 is 1. The van der Waals surface area contributed by atoms with E-state index in [4.69, 9.17) is 5.11 Å². The van der Waals surface area contributed by atoms with Gasteiger partial charge in [-0.3, -0.25) is 4.79 Å². The molecule has 1 atom stereocenters. The zero-order valence-corrected chi connectivity index (χ0v) is 6.26. The number of amides is 1. The van der Waals surface area contributed by atoms with Crippen molar-refractivity contribution in [2.24, 2.45) is 0 Å². The molecule has 10 heavy (non-hydrogen) atoms. The molecule has 1 unspecified atom stereocenters. The molecular formula is C6H13NO3.